The molecule has 7 nitrogen and oxygen atoms in total. The summed E-state index contributed by atoms with van der Waals surface area (Å²) in [5.74, 6) is -0.347. The molecule has 162 valence electrons. The average Bonchev–Trinajstić information content (AvgIpc) is 3.09. The fraction of sp³-hybridized carbons (Fsp3) is 0.450. The molecule has 1 aliphatic rings. The smallest absolute Gasteiger partial charge is 0.416 e. The summed E-state index contributed by atoms with van der Waals surface area (Å²) in [4.78, 5) is 26.0. The number of carbonyl (C=O) groups excluding carboxylic acids is 2. The number of piperidine rings is 1. The van der Waals surface area contributed by atoms with E-state index in [1.165, 1.54) is 23.0 Å². The summed E-state index contributed by atoms with van der Waals surface area (Å²) in [6.45, 7) is 4.64. The van der Waals surface area contributed by atoms with Crippen LogP contribution in [0.4, 0.5) is 18.0 Å². The summed E-state index contributed by atoms with van der Waals surface area (Å²) >= 11 is 0. The monoisotopic (exact) mass is 424 g/mol. The molecule has 0 aliphatic carbocycles. The van der Waals surface area contributed by atoms with E-state index in [2.05, 4.69) is 10.4 Å². The maximum Gasteiger partial charge on any atom is 0.416 e. The van der Waals surface area contributed by atoms with Gasteiger partial charge in [0.2, 0.25) is 0 Å². The number of ether oxygens (including phenoxy) is 1. The molecule has 0 unspecified atom stereocenters. The third kappa shape index (κ3) is 4.74. The number of nitrogens with zero attached hydrogens (tertiary/aromatic N) is 3. The van der Waals surface area contributed by atoms with Gasteiger partial charge < -0.3 is 15.0 Å². The van der Waals surface area contributed by atoms with Crippen LogP contribution in [0.2, 0.25) is 0 Å². The minimum Gasteiger partial charge on any atom is -0.450 e. The predicted molar refractivity (Wildman–Crippen MR) is 102 cm³/mol. The van der Waals surface area contributed by atoms with Gasteiger partial charge in [-0.25, -0.2) is 9.48 Å². The third-order valence-electron chi connectivity index (χ3n) is 5.03. The van der Waals surface area contributed by atoms with Gasteiger partial charge in [-0.3, -0.25) is 4.79 Å². The fourth-order valence-electron chi connectivity index (χ4n) is 3.39. The van der Waals surface area contributed by atoms with Crippen LogP contribution in [0.5, 0.6) is 0 Å². The highest BCUT2D eigenvalue weighted by Crippen LogP contribution is 2.30. The Balaban J connectivity index is 1.67. The van der Waals surface area contributed by atoms with Gasteiger partial charge in [-0.2, -0.15) is 18.3 Å². The Bertz CT molecular complexity index is 918. The van der Waals surface area contributed by atoms with E-state index in [0.29, 0.717) is 43.8 Å². The lowest BCUT2D eigenvalue weighted by molar-refractivity contribution is -0.137. The summed E-state index contributed by atoms with van der Waals surface area (Å²) in [7, 11) is 0. The summed E-state index contributed by atoms with van der Waals surface area (Å²) in [5.41, 5.74) is 0.175. The number of likely N-dealkylation sites (tertiary alicyclic amines) is 1. The van der Waals surface area contributed by atoms with Gasteiger partial charge in [-0.05, 0) is 44.9 Å². The number of hydrogen-bond donors (Lipinski definition) is 1. The molecule has 1 aliphatic heterocycles. The lowest BCUT2D eigenvalue weighted by atomic mass is 10.0. The molecule has 1 aromatic carbocycles. The minimum absolute atomic E-state index is 0.112. The van der Waals surface area contributed by atoms with Crippen molar-refractivity contribution in [1.82, 2.24) is 20.0 Å². The van der Waals surface area contributed by atoms with Crippen molar-refractivity contribution >= 4 is 12.0 Å². The van der Waals surface area contributed by atoms with Crippen molar-refractivity contribution in [2.45, 2.75) is 38.9 Å². The first-order valence-corrected chi connectivity index (χ1v) is 9.65. The Morgan fingerprint density at radius 3 is 2.60 bits per heavy atom. The Morgan fingerprint density at radius 1 is 1.27 bits per heavy atom. The van der Waals surface area contributed by atoms with Crippen LogP contribution >= 0.6 is 0 Å². The van der Waals surface area contributed by atoms with E-state index in [-0.39, 0.29) is 23.7 Å². The van der Waals surface area contributed by atoms with Gasteiger partial charge in [0, 0.05) is 19.1 Å². The number of benzene rings is 1. The van der Waals surface area contributed by atoms with E-state index < -0.39 is 11.7 Å². The zero-order chi connectivity index (χ0) is 21.9. The summed E-state index contributed by atoms with van der Waals surface area (Å²) < 4.78 is 45.2. The molecule has 0 atom stereocenters. The van der Waals surface area contributed by atoms with Crippen LogP contribution in [0.15, 0.2) is 30.5 Å². The fourth-order valence-corrected chi connectivity index (χ4v) is 3.39. The molecule has 2 aromatic rings. The lowest BCUT2D eigenvalue weighted by Gasteiger charge is -2.31. The third-order valence-corrected chi connectivity index (χ3v) is 5.03. The summed E-state index contributed by atoms with van der Waals surface area (Å²) in [5, 5.41) is 7.01. The van der Waals surface area contributed by atoms with Gasteiger partial charge in [0.05, 0.1) is 35.3 Å². The molecule has 2 heterocycles. The van der Waals surface area contributed by atoms with Crippen molar-refractivity contribution in [1.29, 1.82) is 0 Å². The molecule has 1 saturated heterocycles. The van der Waals surface area contributed by atoms with Gasteiger partial charge in [0.15, 0.2) is 0 Å². The lowest BCUT2D eigenvalue weighted by Crippen LogP contribution is -2.46. The quantitative estimate of drug-likeness (QED) is 0.815. The second-order valence-corrected chi connectivity index (χ2v) is 7.04. The van der Waals surface area contributed by atoms with E-state index in [0.717, 1.165) is 12.1 Å². The van der Waals surface area contributed by atoms with E-state index in [1.54, 1.807) is 18.7 Å². The maximum atomic E-state index is 13.0. The van der Waals surface area contributed by atoms with E-state index in [9.17, 15) is 22.8 Å². The van der Waals surface area contributed by atoms with Gasteiger partial charge in [-0.1, -0.05) is 6.07 Å². The van der Waals surface area contributed by atoms with Crippen molar-refractivity contribution in [3.63, 3.8) is 0 Å². The maximum absolute atomic E-state index is 13.0. The van der Waals surface area contributed by atoms with Crippen LogP contribution in [0.25, 0.3) is 5.69 Å². The molecule has 1 N–H and O–H groups in total. The van der Waals surface area contributed by atoms with E-state index >= 15 is 0 Å². The number of amides is 2. The largest absolute Gasteiger partial charge is 0.450 e. The molecular weight excluding hydrogens is 401 g/mol. The highest BCUT2D eigenvalue weighted by Gasteiger charge is 2.31. The highest BCUT2D eigenvalue weighted by molar-refractivity contribution is 5.95. The zero-order valence-corrected chi connectivity index (χ0v) is 16.7. The number of carbonyl (C=O) groups is 2. The van der Waals surface area contributed by atoms with Gasteiger partial charge >= 0.3 is 12.3 Å². The van der Waals surface area contributed by atoms with Crippen LogP contribution in [0.1, 0.15) is 41.4 Å². The SMILES string of the molecule is CCOC(=O)N1CCC(NC(=O)c2cnn(-c3cccc(C(F)(F)F)c3)c2C)CC1. The number of hydrogen-bond acceptors (Lipinski definition) is 4. The second kappa shape index (κ2) is 8.76. The average molecular weight is 424 g/mol. The Labute approximate surface area is 171 Å². The summed E-state index contributed by atoms with van der Waals surface area (Å²) in [6, 6.07) is 4.67. The van der Waals surface area contributed by atoms with Crippen LogP contribution in [-0.2, 0) is 10.9 Å². The molecule has 10 heteroatoms. The van der Waals surface area contributed by atoms with E-state index in [4.69, 9.17) is 4.74 Å². The Morgan fingerprint density at radius 2 is 1.97 bits per heavy atom. The molecular formula is C20H23F3N4O3. The van der Waals surface area contributed by atoms with Crippen LogP contribution in [0, 0.1) is 6.92 Å². The van der Waals surface area contributed by atoms with Crippen molar-refractivity contribution in [2.75, 3.05) is 19.7 Å². The number of nitrogens with one attached hydrogen (secondary N) is 1. The zero-order valence-electron chi connectivity index (χ0n) is 16.7. The van der Waals surface area contributed by atoms with Crippen molar-refractivity contribution in [2.24, 2.45) is 0 Å². The molecule has 30 heavy (non-hydrogen) atoms. The van der Waals surface area contributed by atoms with Crippen molar-refractivity contribution in [3.8, 4) is 5.69 Å². The first kappa shape index (κ1) is 21.7. The molecule has 1 fully saturated rings. The van der Waals surface area contributed by atoms with Gasteiger partial charge in [0.25, 0.3) is 5.91 Å². The number of halogens is 3. The van der Waals surface area contributed by atoms with Crippen LogP contribution < -0.4 is 5.32 Å². The first-order chi connectivity index (χ1) is 14.2. The standard InChI is InChI=1S/C20H23F3N4O3/c1-3-30-19(29)26-9-7-15(8-10-26)25-18(28)17-12-24-27(13(17)2)16-6-4-5-14(11-16)20(21,22)23/h4-6,11-12,15H,3,7-10H2,1-2H3,(H,25,28). The molecule has 3 rings (SSSR count). The molecule has 0 saturated carbocycles. The number of aromatic nitrogens is 2. The minimum atomic E-state index is -4.46. The highest BCUT2D eigenvalue weighted by atomic mass is 19.4. The number of rotatable bonds is 4. The van der Waals surface area contributed by atoms with E-state index in [1.807, 2.05) is 0 Å². The number of alkyl halides is 3. The topological polar surface area (TPSA) is 76.5 Å². The van der Waals surface area contributed by atoms with Gasteiger partial charge in [0.1, 0.15) is 0 Å². The first-order valence-electron chi connectivity index (χ1n) is 9.65. The molecule has 1 aromatic heterocycles. The van der Waals surface area contributed by atoms with Crippen molar-refractivity contribution in [3.05, 3.63) is 47.3 Å². The van der Waals surface area contributed by atoms with Crippen molar-refractivity contribution < 1.29 is 27.5 Å². The van der Waals surface area contributed by atoms with Gasteiger partial charge in [-0.15, -0.1) is 0 Å². The van der Waals surface area contributed by atoms with Crippen LogP contribution in [-0.4, -0.2) is 52.4 Å². The Hall–Kier alpha value is -3.04. The normalized spacial score (nSPS) is 15.2. The Kier molecular flexibility index (Phi) is 6.33. The molecule has 0 bridgehead atoms. The molecule has 2 amide bonds. The second-order valence-electron chi connectivity index (χ2n) is 7.04. The predicted octanol–water partition coefficient (Wildman–Crippen LogP) is 3.55. The molecule has 0 spiro atoms. The van der Waals surface area contributed by atoms with Crippen LogP contribution in [0.3, 0.4) is 0 Å². The summed E-state index contributed by atoms with van der Waals surface area (Å²) in [6.07, 6.45) is -2.30. The molecule has 0 radical (unpaired) electrons.